The maximum absolute atomic E-state index is 12.6. The molecular weight excluding hydrogens is 492 g/mol. The molecule has 0 spiro atoms. The number of rotatable bonds is 8. The summed E-state index contributed by atoms with van der Waals surface area (Å²) in [5.74, 6) is 1.66. The lowest BCUT2D eigenvalue weighted by Crippen LogP contribution is -2.40. The van der Waals surface area contributed by atoms with Crippen LogP contribution in [0.25, 0.3) is 11.0 Å². The minimum absolute atomic E-state index is 0.0609. The molecule has 0 bridgehead atoms. The van der Waals surface area contributed by atoms with Crippen molar-refractivity contribution in [3.8, 4) is 11.5 Å². The van der Waals surface area contributed by atoms with Gasteiger partial charge in [-0.2, -0.15) is 0 Å². The lowest BCUT2D eigenvalue weighted by Gasteiger charge is -2.23. The number of nitrogens with one attached hydrogen (secondary N) is 3. The third-order valence-corrected chi connectivity index (χ3v) is 6.79. The summed E-state index contributed by atoms with van der Waals surface area (Å²) in [6.07, 6.45) is 2.44. The molecule has 1 amide bonds. The molecule has 3 heterocycles. The van der Waals surface area contributed by atoms with Crippen LogP contribution in [0.1, 0.15) is 43.2 Å². The van der Waals surface area contributed by atoms with Crippen molar-refractivity contribution in [2.45, 2.75) is 38.7 Å². The van der Waals surface area contributed by atoms with E-state index in [9.17, 15) is 4.79 Å². The fourth-order valence-electron chi connectivity index (χ4n) is 4.52. The molecule has 1 aliphatic heterocycles. The van der Waals surface area contributed by atoms with Crippen LogP contribution in [0.15, 0.2) is 60.8 Å². The van der Waals surface area contributed by atoms with Gasteiger partial charge in [0.15, 0.2) is 0 Å². The van der Waals surface area contributed by atoms with Gasteiger partial charge in [-0.25, -0.2) is 4.98 Å². The van der Waals surface area contributed by atoms with Crippen LogP contribution in [-0.2, 0) is 17.2 Å². The van der Waals surface area contributed by atoms with Gasteiger partial charge in [0.05, 0.1) is 23.7 Å². The summed E-state index contributed by atoms with van der Waals surface area (Å²) in [5.41, 5.74) is 4.38. The van der Waals surface area contributed by atoms with Crippen LogP contribution in [0.5, 0.6) is 11.5 Å². The summed E-state index contributed by atoms with van der Waals surface area (Å²) in [6, 6.07) is 17.5. The van der Waals surface area contributed by atoms with Crippen molar-refractivity contribution in [1.29, 1.82) is 0 Å². The molecule has 2 aromatic heterocycles. The van der Waals surface area contributed by atoms with E-state index in [1.54, 1.807) is 18.3 Å². The molecule has 5 rings (SSSR count). The third kappa shape index (κ3) is 6.55. The molecule has 204 valence electrons. The van der Waals surface area contributed by atoms with E-state index in [1.807, 2.05) is 35.9 Å². The Labute approximate surface area is 228 Å². The number of hydrogen-bond donors (Lipinski definition) is 3. The van der Waals surface area contributed by atoms with Crippen LogP contribution < -0.4 is 20.7 Å². The number of imidazole rings is 1. The van der Waals surface area contributed by atoms with Gasteiger partial charge >= 0.3 is 0 Å². The normalized spacial score (nSPS) is 15.7. The minimum Gasteiger partial charge on any atom is -0.457 e. The molecular formula is C30H36N6O3. The van der Waals surface area contributed by atoms with E-state index in [2.05, 4.69) is 59.9 Å². The molecule has 1 fully saturated rings. The first kappa shape index (κ1) is 26.6. The van der Waals surface area contributed by atoms with Gasteiger partial charge in [-0.1, -0.05) is 32.9 Å². The first-order valence-electron chi connectivity index (χ1n) is 13.3. The molecule has 9 heteroatoms. The van der Waals surface area contributed by atoms with Crippen molar-refractivity contribution in [3.05, 3.63) is 72.1 Å². The molecule has 0 radical (unpaired) electrons. The maximum Gasteiger partial charge on any atom is 0.270 e. The average Bonchev–Trinajstić information content (AvgIpc) is 3.23. The molecule has 1 saturated heterocycles. The Balaban J connectivity index is 1.25. The fraction of sp³-hybridized carbons (Fsp3) is 0.367. The number of aryl methyl sites for hydroxylation is 1. The topological polar surface area (TPSA) is 102 Å². The summed E-state index contributed by atoms with van der Waals surface area (Å²) >= 11 is 0. The average molecular weight is 529 g/mol. The minimum atomic E-state index is -0.240. The Hall–Kier alpha value is -3.95. The molecule has 0 aliphatic carbocycles. The quantitative estimate of drug-likeness (QED) is 0.299. The van der Waals surface area contributed by atoms with Gasteiger partial charge < -0.3 is 30.0 Å². The molecule has 3 N–H and O–H groups in total. The number of nitrogens with zero attached hydrogens (tertiary/aromatic N) is 3. The molecule has 9 nitrogen and oxygen atoms in total. The van der Waals surface area contributed by atoms with E-state index >= 15 is 0 Å². The lowest BCUT2D eigenvalue weighted by atomic mass is 9.87. The van der Waals surface area contributed by atoms with E-state index in [0.717, 1.165) is 42.2 Å². The summed E-state index contributed by atoms with van der Waals surface area (Å²) in [5, 5.41) is 9.66. The number of ether oxygens (including phenoxy) is 2. The third-order valence-electron chi connectivity index (χ3n) is 6.79. The van der Waals surface area contributed by atoms with E-state index in [-0.39, 0.29) is 17.4 Å². The highest BCUT2D eigenvalue weighted by Gasteiger charge is 2.16. The smallest absolute Gasteiger partial charge is 0.270 e. The van der Waals surface area contributed by atoms with Crippen LogP contribution in [-0.4, -0.2) is 52.8 Å². The van der Waals surface area contributed by atoms with Gasteiger partial charge in [-0.15, -0.1) is 0 Å². The number of anilines is 2. The first-order valence-corrected chi connectivity index (χ1v) is 13.3. The van der Waals surface area contributed by atoms with E-state index in [0.29, 0.717) is 30.3 Å². The second-order valence-electron chi connectivity index (χ2n) is 10.8. The van der Waals surface area contributed by atoms with Gasteiger partial charge in [-0.3, -0.25) is 9.78 Å². The predicted octanol–water partition coefficient (Wildman–Crippen LogP) is 4.91. The fourth-order valence-corrected chi connectivity index (χ4v) is 4.52. The molecule has 4 aromatic rings. The number of aromatic nitrogens is 3. The number of fused-ring (bicyclic) bond motifs is 1. The molecule has 2 aromatic carbocycles. The maximum atomic E-state index is 12.6. The van der Waals surface area contributed by atoms with Gasteiger partial charge in [0.25, 0.3) is 5.91 Å². The van der Waals surface area contributed by atoms with Gasteiger partial charge in [0.1, 0.15) is 17.2 Å². The van der Waals surface area contributed by atoms with Crippen molar-refractivity contribution < 1.29 is 14.3 Å². The number of carbonyl (C=O) groups is 1. The summed E-state index contributed by atoms with van der Waals surface area (Å²) in [4.78, 5) is 21.6. The van der Waals surface area contributed by atoms with E-state index in [4.69, 9.17) is 14.5 Å². The van der Waals surface area contributed by atoms with E-state index < -0.39 is 0 Å². The number of amides is 1. The van der Waals surface area contributed by atoms with Crippen LogP contribution >= 0.6 is 0 Å². The summed E-state index contributed by atoms with van der Waals surface area (Å²) < 4.78 is 13.8. The zero-order chi connectivity index (χ0) is 27.4. The van der Waals surface area contributed by atoms with Gasteiger partial charge in [0, 0.05) is 50.7 Å². The van der Waals surface area contributed by atoms with Gasteiger partial charge in [0.2, 0.25) is 5.95 Å². The number of pyridine rings is 1. The van der Waals surface area contributed by atoms with Crippen LogP contribution in [0.2, 0.25) is 0 Å². The Bertz CT molecular complexity index is 1450. The summed E-state index contributed by atoms with van der Waals surface area (Å²) in [6.45, 7) is 9.50. The van der Waals surface area contributed by atoms with Crippen molar-refractivity contribution in [2.24, 2.45) is 7.05 Å². The largest absolute Gasteiger partial charge is 0.457 e. The lowest BCUT2D eigenvalue weighted by molar-refractivity contribution is 0.0239. The second-order valence-corrected chi connectivity index (χ2v) is 10.8. The molecule has 1 unspecified atom stereocenters. The monoisotopic (exact) mass is 528 g/mol. The SMILES string of the molecule is Cn1c(Nc2cccc(C(C)(C)C)c2)nc2cc(Oc3ccnc(C(=O)NCCC4CNCCO4)c3)ccc21. The Morgan fingerprint density at radius 2 is 2.00 bits per heavy atom. The van der Waals surface area contributed by atoms with Crippen LogP contribution in [0, 0.1) is 0 Å². The Morgan fingerprint density at radius 1 is 1.15 bits per heavy atom. The molecule has 1 atom stereocenters. The van der Waals surface area contributed by atoms with E-state index in [1.165, 1.54) is 5.56 Å². The molecule has 39 heavy (non-hydrogen) atoms. The number of hydrogen-bond acceptors (Lipinski definition) is 7. The number of morpholine rings is 1. The Kier molecular flexibility index (Phi) is 7.81. The standard InChI is InChI=1S/C30H36N6O3/c1-30(2,3)20-6-5-7-21(16-20)34-29-35-25-17-22(8-9-27(25)36(29)4)39-23-10-12-32-26(18-23)28(37)33-13-11-24-19-31-14-15-38-24/h5-10,12,16-18,24,31H,11,13-15,19H2,1-4H3,(H,33,37)(H,34,35). The van der Waals surface area contributed by atoms with Crippen molar-refractivity contribution in [1.82, 2.24) is 25.2 Å². The summed E-state index contributed by atoms with van der Waals surface area (Å²) in [7, 11) is 1.98. The highest BCUT2D eigenvalue weighted by Crippen LogP contribution is 2.30. The Morgan fingerprint density at radius 3 is 2.79 bits per heavy atom. The van der Waals surface area contributed by atoms with Crippen molar-refractivity contribution in [3.63, 3.8) is 0 Å². The number of benzene rings is 2. The first-order chi connectivity index (χ1) is 18.8. The van der Waals surface area contributed by atoms with Crippen molar-refractivity contribution in [2.75, 3.05) is 31.6 Å². The number of carbonyl (C=O) groups excluding carboxylic acids is 1. The van der Waals surface area contributed by atoms with Crippen LogP contribution in [0.3, 0.4) is 0 Å². The second kappa shape index (κ2) is 11.4. The molecule has 1 aliphatic rings. The predicted molar refractivity (Wildman–Crippen MR) is 153 cm³/mol. The zero-order valence-electron chi connectivity index (χ0n) is 23.0. The van der Waals surface area contributed by atoms with Crippen molar-refractivity contribution >= 4 is 28.6 Å². The molecule has 0 saturated carbocycles. The highest BCUT2D eigenvalue weighted by atomic mass is 16.5. The van der Waals surface area contributed by atoms with Gasteiger partial charge in [-0.05, 0) is 47.7 Å². The van der Waals surface area contributed by atoms with Crippen LogP contribution in [0.4, 0.5) is 11.6 Å². The highest BCUT2D eigenvalue weighted by molar-refractivity contribution is 5.92. The zero-order valence-corrected chi connectivity index (χ0v) is 23.0.